The van der Waals surface area contributed by atoms with Gasteiger partial charge in [-0.25, -0.2) is 8.42 Å². The average Bonchev–Trinajstić information content (AvgIpc) is 2.94. The van der Waals surface area contributed by atoms with E-state index in [4.69, 9.17) is 0 Å². The highest BCUT2D eigenvalue weighted by Gasteiger charge is 2.35. The van der Waals surface area contributed by atoms with Crippen molar-refractivity contribution in [1.82, 2.24) is 8.87 Å². The second kappa shape index (κ2) is 5.22. The van der Waals surface area contributed by atoms with Gasteiger partial charge in [-0.1, -0.05) is 0 Å². The summed E-state index contributed by atoms with van der Waals surface area (Å²) < 4.78 is 30.6. The summed E-state index contributed by atoms with van der Waals surface area (Å²) in [6, 6.07) is 5.64. The minimum Gasteiger partial charge on any atom is -0.346 e. The first kappa shape index (κ1) is 15.3. The van der Waals surface area contributed by atoms with Gasteiger partial charge < -0.3 is 4.57 Å². The summed E-state index contributed by atoms with van der Waals surface area (Å²) in [7, 11) is -3.45. The van der Waals surface area contributed by atoms with Gasteiger partial charge in [0.05, 0.1) is 14.7 Å². The second-order valence-electron chi connectivity index (χ2n) is 5.31. The molecule has 0 radical (unpaired) electrons. The van der Waals surface area contributed by atoms with E-state index in [0.717, 1.165) is 14.4 Å². The Kier molecular flexibility index (Phi) is 3.80. The Balaban J connectivity index is 2.03. The van der Waals surface area contributed by atoms with Crippen LogP contribution < -0.4 is 0 Å². The normalized spacial score (nSPS) is 19.7. The van der Waals surface area contributed by atoms with Crippen molar-refractivity contribution in [2.45, 2.75) is 38.3 Å². The highest BCUT2D eigenvalue weighted by Crippen LogP contribution is 2.36. The summed E-state index contributed by atoms with van der Waals surface area (Å²) in [5.41, 5.74) is 2.25. The molecule has 2 aromatic rings. The van der Waals surface area contributed by atoms with E-state index in [1.54, 1.807) is 10.4 Å². The third kappa shape index (κ3) is 2.40. The van der Waals surface area contributed by atoms with Gasteiger partial charge in [0.15, 0.2) is 0 Å². The van der Waals surface area contributed by atoms with E-state index < -0.39 is 10.0 Å². The van der Waals surface area contributed by atoms with Crippen LogP contribution in [0.2, 0.25) is 0 Å². The van der Waals surface area contributed by atoms with Crippen LogP contribution in [0, 0.1) is 13.8 Å². The van der Waals surface area contributed by atoms with Gasteiger partial charge in [-0.15, -0.1) is 11.3 Å². The fraction of sp³-hybridized carbons (Fsp3) is 0.429. The number of fused-ring (bicyclic) bond motifs is 1. The molecule has 3 rings (SSSR count). The monoisotopic (exact) mass is 388 g/mol. The van der Waals surface area contributed by atoms with Crippen molar-refractivity contribution in [2.24, 2.45) is 0 Å². The average molecular weight is 389 g/mol. The smallest absolute Gasteiger partial charge is 0.244 e. The Morgan fingerprint density at radius 1 is 1.29 bits per heavy atom. The Morgan fingerprint density at radius 2 is 2.00 bits per heavy atom. The van der Waals surface area contributed by atoms with Crippen LogP contribution in [-0.2, 0) is 16.6 Å². The standard InChI is InChI=1S/C14H17BrN2O2S2/c1-9-4-5-12-10(2)17(7-6-16(9)12)21(18,19)13-8-14(15)20-11(13)3/h4-5,8,10H,6-7H2,1-3H3. The molecule has 7 heteroatoms. The van der Waals surface area contributed by atoms with Crippen molar-refractivity contribution in [2.75, 3.05) is 6.54 Å². The summed E-state index contributed by atoms with van der Waals surface area (Å²) in [4.78, 5) is 1.24. The molecule has 114 valence electrons. The van der Waals surface area contributed by atoms with Crippen LogP contribution in [0.15, 0.2) is 26.9 Å². The molecule has 1 aliphatic rings. The molecular formula is C14H17BrN2O2S2. The van der Waals surface area contributed by atoms with Gasteiger partial charge in [0, 0.05) is 29.4 Å². The summed E-state index contributed by atoms with van der Waals surface area (Å²) in [6.45, 7) is 7.09. The number of thiophene rings is 1. The molecule has 2 aromatic heterocycles. The van der Waals surface area contributed by atoms with Crippen molar-refractivity contribution in [3.63, 3.8) is 0 Å². The molecule has 21 heavy (non-hydrogen) atoms. The molecule has 1 atom stereocenters. The number of nitrogens with zero attached hydrogens (tertiary/aromatic N) is 2. The van der Waals surface area contributed by atoms with E-state index in [1.807, 2.05) is 26.0 Å². The van der Waals surface area contributed by atoms with Gasteiger partial charge in [0.2, 0.25) is 10.0 Å². The zero-order valence-electron chi connectivity index (χ0n) is 12.1. The molecule has 0 N–H and O–H groups in total. The second-order valence-corrected chi connectivity index (χ2v) is 9.81. The zero-order valence-corrected chi connectivity index (χ0v) is 15.3. The molecule has 0 aliphatic carbocycles. The molecule has 0 fully saturated rings. The highest BCUT2D eigenvalue weighted by atomic mass is 79.9. The molecule has 1 unspecified atom stereocenters. The minimum absolute atomic E-state index is 0.143. The summed E-state index contributed by atoms with van der Waals surface area (Å²) >= 11 is 4.83. The molecule has 4 nitrogen and oxygen atoms in total. The van der Waals surface area contributed by atoms with Crippen LogP contribution in [0.4, 0.5) is 0 Å². The lowest BCUT2D eigenvalue weighted by molar-refractivity contribution is 0.280. The number of hydrogen-bond donors (Lipinski definition) is 0. The van der Waals surface area contributed by atoms with Crippen molar-refractivity contribution >= 4 is 37.3 Å². The molecule has 1 aliphatic heterocycles. The fourth-order valence-electron chi connectivity index (χ4n) is 2.94. The van der Waals surface area contributed by atoms with E-state index in [1.165, 1.54) is 17.0 Å². The van der Waals surface area contributed by atoms with Crippen LogP contribution >= 0.6 is 27.3 Å². The number of sulfonamides is 1. The maximum atomic E-state index is 13.0. The van der Waals surface area contributed by atoms with Crippen LogP contribution in [-0.4, -0.2) is 23.8 Å². The Morgan fingerprint density at radius 3 is 2.62 bits per heavy atom. The number of aryl methyl sites for hydroxylation is 2. The third-order valence-electron chi connectivity index (χ3n) is 4.07. The van der Waals surface area contributed by atoms with Gasteiger partial charge in [0.25, 0.3) is 0 Å². The van der Waals surface area contributed by atoms with Crippen molar-refractivity contribution in [3.8, 4) is 0 Å². The summed E-state index contributed by atoms with van der Waals surface area (Å²) in [5.74, 6) is 0. The minimum atomic E-state index is -3.45. The maximum absolute atomic E-state index is 13.0. The highest BCUT2D eigenvalue weighted by molar-refractivity contribution is 9.11. The van der Waals surface area contributed by atoms with Crippen LogP contribution in [0.25, 0.3) is 0 Å². The van der Waals surface area contributed by atoms with Gasteiger partial charge >= 0.3 is 0 Å². The third-order valence-corrected chi connectivity index (χ3v) is 7.84. The SMILES string of the molecule is Cc1sc(Br)cc1S(=O)(=O)N1CCn2c(C)ccc2C1C. The molecule has 0 aromatic carbocycles. The largest absolute Gasteiger partial charge is 0.346 e. The molecule has 0 saturated heterocycles. The quantitative estimate of drug-likeness (QED) is 0.786. The van der Waals surface area contributed by atoms with Crippen LogP contribution in [0.3, 0.4) is 0 Å². The lowest BCUT2D eigenvalue weighted by atomic mass is 10.2. The summed E-state index contributed by atoms with van der Waals surface area (Å²) in [5, 5.41) is 0. The van der Waals surface area contributed by atoms with E-state index in [9.17, 15) is 8.42 Å². The molecule has 0 amide bonds. The van der Waals surface area contributed by atoms with Gasteiger partial charge in [-0.05, 0) is 54.9 Å². The Labute approximate surface area is 137 Å². The van der Waals surface area contributed by atoms with Crippen molar-refractivity contribution < 1.29 is 8.42 Å². The van der Waals surface area contributed by atoms with Crippen LogP contribution in [0.5, 0.6) is 0 Å². The van der Waals surface area contributed by atoms with Crippen LogP contribution in [0.1, 0.15) is 29.2 Å². The van der Waals surface area contributed by atoms with Gasteiger partial charge in [-0.2, -0.15) is 4.31 Å². The number of rotatable bonds is 2. The lowest BCUT2D eigenvalue weighted by Crippen LogP contribution is -2.41. The molecule has 3 heterocycles. The number of aromatic nitrogens is 1. The predicted octanol–water partition coefficient (Wildman–Crippen LogP) is 3.69. The maximum Gasteiger partial charge on any atom is 0.244 e. The zero-order chi connectivity index (χ0) is 15.4. The number of halogens is 1. The van der Waals surface area contributed by atoms with E-state index in [2.05, 4.69) is 27.4 Å². The molecule has 0 spiro atoms. The summed E-state index contributed by atoms with van der Waals surface area (Å²) in [6.07, 6.45) is 0. The predicted molar refractivity (Wildman–Crippen MR) is 88.2 cm³/mol. The van der Waals surface area contributed by atoms with E-state index in [-0.39, 0.29) is 6.04 Å². The van der Waals surface area contributed by atoms with Crippen molar-refractivity contribution in [1.29, 1.82) is 0 Å². The van der Waals surface area contributed by atoms with Crippen molar-refractivity contribution in [3.05, 3.63) is 38.3 Å². The first-order valence-electron chi connectivity index (χ1n) is 6.76. The molecule has 0 bridgehead atoms. The van der Waals surface area contributed by atoms with E-state index in [0.29, 0.717) is 18.0 Å². The molecule has 0 saturated carbocycles. The van der Waals surface area contributed by atoms with Gasteiger partial charge in [0.1, 0.15) is 0 Å². The molecular weight excluding hydrogens is 372 g/mol. The lowest BCUT2D eigenvalue weighted by Gasteiger charge is -2.34. The topological polar surface area (TPSA) is 42.3 Å². The van der Waals surface area contributed by atoms with Gasteiger partial charge in [-0.3, -0.25) is 0 Å². The fourth-order valence-corrected chi connectivity index (χ4v) is 6.92. The Bertz CT molecular complexity index is 792. The first-order chi connectivity index (χ1) is 9.82. The first-order valence-corrected chi connectivity index (χ1v) is 9.81. The number of hydrogen-bond acceptors (Lipinski definition) is 3. The van der Waals surface area contributed by atoms with E-state index >= 15 is 0 Å². The Hall–Kier alpha value is -0.630.